The van der Waals surface area contributed by atoms with Crippen LogP contribution in [0, 0.1) is 0 Å². The van der Waals surface area contributed by atoms with Crippen LogP contribution < -0.4 is 0 Å². The van der Waals surface area contributed by atoms with Gasteiger partial charge in [-0.15, -0.1) is 0 Å². The standard InChI is InChI=1S/C7H13NO2/c1-4-7(5-2)8-10-6(3)9/h4-5H2,1-3H3. The molecule has 0 bridgehead atoms. The van der Waals surface area contributed by atoms with Crippen LogP contribution in [0.15, 0.2) is 5.16 Å². The highest BCUT2D eigenvalue weighted by Gasteiger charge is 1.93. The number of carbonyl (C=O) groups excluding carboxylic acids is 1. The summed E-state index contributed by atoms with van der Waals surface area (Å²) in [4.78, 5) is 14.7. The van der Waals surface area contributed by atoms with Crippen LogP contribution in [0.3, 0.4) is 0 Å². The summed E-state index contributed by atoms with van der Waals surface area (Å²) in [5, 5.41) is 3.63. The molecular weight excluding hydrogens is 130 g/mol. The maximum absolute atomic E-state index is 10.3. The lowest BCUT2D eigenvalue weighted by atomic mass is 10.2. The highest BCUT2D eigenvalue weighted by molar-refractivity contribution is 5.84. The van der Waals surface area contributed by atoms with E-state index < -0.39 is 0 Å². The van der Waals surface area contributed by atoms with E-state index in [1.54, 1.807) is 0 Å². The van der Waals surface area contributed by atoms with Gasteiger partial charge in [0, 0.05) is 6.92 Å². The lowest BCUT2D eigenvalue weighted by Gasteiger charge is -1.95. The average Bonchev–Trinajstić information content (AvgIpc) is 1.90. The van der Waals surface area contributed by atoms with E-state index in [-0.39, 0.29) is 5.97 Å². The van der Waals surface area contributed by atoms with E-state index in [0.29, 0.717) is 0 Å². The second kappa shape index (κ2) is 4.97. The Bertz CT molecular complexity index is 135. The van der Waals surface area contributed by atoms with E-state index in [1.165, 1.54) is 6.92 Å². The monoisotopic (exact) mass is 143 g/mol. The summed E-state index contributed by atoms with van der Waals surface area (Å²) >= 11 is 0. The fourth-order valence-electron chi connectivity index (χ4n) is 0.508. The third kappa shape index (κ3) is 4.06. The topological polar surface area (TPSA) is 38.7 Å². The Balaban J connectivity index is 3.74. The van der Waals surface area contributed by atoms with Crippen LogP contribution in [0.2, 0.25) is 0 Å². The first-order valence-electron chi connectivity index (χ1n) is 3.44. The fraction of sp³-hybridized carbons (Fsp3) is 0.714. The molecule has 0 radical (unpaired) electrons. The molecule has 10 heavy (non-hydrogen) atoms. The van der Waals surface area contributed by atoms with Crippen molar-refractivity contribution in [2.24, 2.45) is 5.16 Å². The van der Waals surface area contributed by atoms with E-state index in [4.69, 9.17) is 0 Å². The minimum absolute atomic E-state index is 0.362. The second-order valence-electron chi connectivity index (χ2n) is 1.95. The predicted molar refractivity (Wildman–Crippen MR) is 39.8 cm³/mol. The molecule has 0 saturated heterocycles. The fourth-order valence-corrected chi connectivity index (χ4v) is 0.508. The predicted octanol–water partition coefficient (Wildman–Crippen LogP) is 1.73. The maximum atomic E-state index is 10.3. The van der Waals surface area contributed by atoms with Crippen molar-refractivity contribution in [1.82, 2.24) is 0 Å². The Morgan fingerprint density at radius 2 is 1.90 bits per heavy atom. The van der Waals surface area contributed by atoms with E-state index in [9.17, 15) is 4.79 Å². The minimum atomic E-state index is -0.362. The number of hydrogen-bond acceptors (Lipinski definition) is 3. The molecule has 0 unspecified atom stereocenters. The summed E-state index contributed by atoms with van der Waals surface area (Å²) in [7, 11) is 0. The molecular formula is C7H13NO2. The summed E-state index contributed by atoms with van der Waals surface area (Å²) in [6, 6.07) is 0. The lowest BCUT2D eigenvalue weighted by Crippen LogP contribution is -1.98. The van der Waals surface area contributed by atoms with Gasteiger partial charge in [0.1, 0.15) is 0 Å². The largest absolute Gasteiger partial charge is 0.331 e. The third-order valence-corrected chi connectivity index (χ3v) is 1.12. The minimum Gasteiger partial charge on any atom is -0.319 e. The molecule has 0 aromatic heterocycles. The smallest absolute Gasteiger partial charge is 0.319 e. The van der Waals surface area contributed by atoms with Crippen molar-refractivity contribution < 1.29 is 9.63 Å². The maximum Gasteiger partial charge on any atom is 0.331 e. The van der Waals surface area contributed by atoms with Crippen LogP contribution in [-0.4, -0.2) is 11.7 Å². The Kier molecular flexibility index (Phi) is 4.54. The summed E-state index contributed by atoms with van der Waals surface area (Å²) in [6.07, 6.45) is 1.67. The van der Waals surface area contributed by atoms with Gasteiger partial charge in [0.2, 0.25) is 0 Å². The molecule has 0 saturated carbocycles. The van der Waals surface area contributed by atoms with Crippen molar-refractivity contribution >= 4 is 11.7 Å². The van der Waals surface area contributed by atoms with Gasteiger partial charge in [0.05, 0.1) is 5.71 Å². The van der Waals surface area contributed by atoms with Crippen molar-refractivity contribution in [3.63, 3.8) is 0 Å². The van der Waals surface area contributed by atoms with Crippen LogP contribution >= 0.6 is 0 Å². The van der Waals surface area contributed by atoms with Gasteiger partial charge in [-0.3, -0.25) is 0 Å². The van der Waals surface area contributed by atoms with E-state index in [2.05, 4.69) is 9.99 Å². The van der Waals surface area contributed by atoms with Crippen LogP contribution in [0.5, 0.6) is 0 Å². The van der Waals surface area contributed by atoms with E-state index in [1.807, 2.05) is 13.8 Å². The molecule has 3 heteroatoms. The summed E-state index contributed by atoms with van der Waals surface area (Å²) < 4.78 is 0. The van der Waals surface area contributed by atoms with Gasteiger partial charge in [-0.05, 0) is 12.8 Å². The number of hydrogen-bond donors (Lipinski definition) is 0. The summed E-state index contributed by atoms with van der Waals surface area (Å²) in [5.41, 5.74) is 0.912. The molecule has 0 aliphatic rings. The molecule has 0 heterocycles. The van der Waals surface area contributed by atoms with Gasteiger partial charge in [-0.1, -0.05) is 19.0 Å². The van der Waals surface area contributed by atoms with Gasteiger partial charge in [-0.2, -0.15) is 0 Å². The Morgan fingerprint density at radius 1 is 1.40 bits per heavy atom. The molecule has 0 rings (SSSR count). The summed E-state index contributed by atoms with van der Waals surface area (Å²) in [6.45, 7) is 5.30. The van der Waals surface area contributed by atoms with Crippen LogP contribution in [0.4, 0.5) is 0 Å². The van der Waals surface area contributed by atoms with Gasteiger partial charge >= 0.3 is 5.97 Å². The first-order chi connectivity index (χ1) is 4.70. The van der Waals surface area contributed by atoms with Crippen LogP contribution in [0.1, 0.15) is 33.6 Å². The number of carbonyl (C=O) groups is 1. The van der Waals surface area contributed by atoms with Gasteiger partial charge in [0.25, 0.3) is 0 Å². The molecule has 3 nitrogen and oxygen atoms in total. The van der Waals surface area contributed by atoms with Crippen molar-refractivity contribution in [3.8, 4) is 0 Å². The van der Waals surface area contributed by atoms with Crippen molar-refractivity contribution in [2.75, 3.05) is 0 Å². The Hall–Kier alpha value is -0.860. The van der Waals surface area contributed by atoms with Gasteiger partial charge in [-0.25, -0.2) is 4.79 Å². The zero-order valence-electron chi connectivity index (χ0n) is 6.68. The van der Waals surface area contributed by atoms with E-state index in [0.717, 1.165) is 18.6 Å². The lowest BCUT2D eigenvalue weighted by molar-refractivity contribution is -0.140. The molecule has 0 spiro atoms. The zero-order chi connectivity index (χ0) is 7.98. The first kappa shape index (κ1) is 9.14. The van der Waals surface area contributed by atoms with Gasteiger partial charge < -0.3 is 4.84 Å². The molecule has 0 fully saturated rings. The number of rotatable bonds is 3. The highest BCUT2D eigenvalue weighted by Crippen LogP contribution is 1.92. The molecule has 0 atom stereocenters. The molecule has 58 valence electrons. The Labute approximate surface area is 61.1 Å². The molecule has 0 amide bonds. The Morgan fingerprint density at radius 3 is 2.20 bits per heavy atom. The summed E-state index contributed by atoms with van der Waals surface area (Å²) in [5.74, 6) is -0.362. The third-order valence-electron chi connectivity index (χ3n) is 1.12. The van der Waals surface area contributed by atoms with Crippen molar-refractivity contribution in [3.05, 3.63) is 0 Å². The van der Waals surface area contributed by atoms with Gasteiger partial charge in [0.15, 0.2) is 0 Å². The molecule has 0 aromatic rings. The normalized spacial score (nSPS) is 8.70. The highest BCUT2D eigenvalue weighted by atomic mass is 16.7. The molecule has 0 aliphatic carbocycles. The first-order valence-corrected chi connectivity index (χ1v) is 3.44. The second-order valence-corrected chi connectivity index (χ2v) is 1.95. The van der Waals surface area contributed by atoms with Crippen LogP contribution in [0.25, 0.3) is 0 Å². The SMILES string of the molecule is CCC(CC)=NOC(C)=O. The van der Waals surface area contributed by atoms with Crippen molar-refractivity contribution in [1.29, 1.82) is 0 Å². The van der Waals surface area contributed by atoms with Crippen LogP contribution in [-0.2, 0) is 9.63 Å². The van der Waals surface area contributed by atoms with E-state index >= 15 is 0 Å². The quantitative estimate of drug-likeness (QED) is 0.343. The number of nitrogens with zero attached hydrogens (tertiary/aromatic N) is 1. The number of oxime groups is 1. The molecule has 0 aliphatic heterocycles. The van der Waals surface area contributed by atoms with Crippen molar-refractivity contribution in [2.45, 2.75) is 33.6 Å². The average molecular weight is 143 g/mol. The molecule has 0 aromatic carbocycles. The molecule has 0 N–H and O–H groups in total. The zero-order valence-corrected chi connectivity index (χ0v) is 6.68.